The number of hydrogen-bond donors (Lipinski definition) is 0. The van der Waals surface area contributed by atoms with Crippen molar-refractivity contribution in [1.29, 1.82) is 0 Å². The highest BCUT2D eigenvalue weighted by atomic mass is 16.1. The molecule has 0 atom stereocenters. The average Bonchev–Trinajstić information content (AvgIpc) is 3.30. The van der Waals surface area contributed by atoms with E-state index in [-0.39, 0.29) is 22.9 Å². The molecule has 0 aliphatic heterocycles. The Morgan fingerprint density at radius 1 is 0.784 bits per heavy atom. The van der Waals surface area contributed by atoms with Crippen molar-refractivity contribution in [3.63, 3.8) is 0 Å². The standard InChI is InChI=1S/C30H23N5O2/c1-18-9-13-21(14-10-18)24-17-25(22-15-11-19(2)12-16-22)31-27-26(24)29(37)34-28(20(3)36)33-35(30(34)32-27)23-7-5-4-6-8-23/h4-17H,1-3H3. The molecule has 3 heterocycles. The molecule has 7 heteroatoms. The van der Waals surface area contributed by atoms with Gasteiger partial charge < -0.3 is 0 Å². The molecule has 37 heavy (non-hydrogen) atoms. The minimum Gasteiger partial charge on any atom is -0.291 e. The van der Waals surface area contributed by atoms with E-state index >= 15 is 0 Å². The largest absolute Gasteiger partial charge is 0.291 e. The van der Waals surface area contributed by atoms with Crippen LogP contribution in [0.1, 0.15) is 28.7 Å². The third-order valence-electron chi connectivity index (χ3n) is 6.44. The summed E-state index contributed by atoms with van der Waals surface area (Å²) in [6.45, 7) is 5.45. The van der Waals surface area contributed by atoms with Crippen LogP contribution in [0.25, 0.3) is 44.9 Å². The number of fused-ring (bicyclic) bond motifs is 2. The fraction of sp³-hybridized carbons (Fsp3) is 0.100. The number of carbonyl (C=O) groups is 1. The van der Waals surface area contributed by atoms with E-state index in [2.05, 4.69) is 5.10 Å². The maximum Gasteiger partial charge on any atom is 0.271 e. The summed E-state index contributed by atoms with van der Waals surface area (Å²) in [5.74, 6) is -0.0721. The zero-order chi connectivity index (χ0) is 25.7. The maximum absolute atomic E-state index is 14.1. The zero-order valence-electron chi connectivity index (χ0n) is 20.6. The molecule has 6 rings (SSSR count). The van der Waals surface area contributed by atoms with Gasteiger partial charge in [-0.05, 0) is 37.6 Å². The first kappa shape index (κ1) is 22.5. The lowest BCUT2D eigenvalue weighted by molar-refractivity contribution is 0.100. The molecule has 6 aromatic rings. The van der Waals surface area contributed by atoms with E-state index in [1.807, 2.05) is 98.8 Å². The van der Waals surface area contributed by atoms with Crippen LogP contribution in [0.3, 0.4) is 0 Å². The Kier molecular flexibility index (Phi) is 5.26. The quantitative estimate of drug-likeness (QED) is 0.304. The second kappa shape index (κ2) is 8.64. The molecular formula is C30H23N5O2. The molecule has 0 fully saturated rings. The molecule has 0 radical (unpaired) electrons. The van der Waals surface area contributed by atoms with Crippen LogP contribution in [0.2, 0.25) is 0 Å². The van der Waals surface area contributed by atoms with Crippen molar-refractivity contribution in [2.45, 2.75) is 20.8 Å². The Balaban J connectivity index is 1.75. The molecule has 0 spiro atoms. The number of hydrogen-bond acceptors (Lipinski definition) is 5. The lowest BCUT2D eigenvalue weighted by atomic mass is 9.99. The molecule has 0 bridgehead atoms. The van der Waals surface area contributed by atoms with Crippen LogP contribution in [0, 0.1) is 13.8 Å². The van der Waals surface area contributed by atoms with Crippen molar-refractivity contribution < 1.29 is 4.79 Å². The van der Waals surface area contributed by atoms with Crippen molar-refractivity contribution >= 4 is 22.6 Å². The minimum absolute atomic E-state index is 0.0238. The molecule has 0 amide bonds. The molecule has 0 unspecified atom stereocenters. The molecule has 7 nitrogen and oxygen atoms in total. The third kappa shape index (κ3) is 3.81. The predicted molar refractivity (Wildman–Crippen MR) is 144 cm³/mol. The van der Waals surface area contributed by atoms with Gasteiger partial charge in [-0.25, -0.2) is 9.38 Å². The summed E-state index contributed by atoms with van der Waals surface area (Å²) >= 11 is 0. The maximum atomic E-state index is 14.1. The van der Waals surface area contributed by atoms with E-state index < -0.39 is 0 Å². The van der Waals surface area contributed by atoms with E-state index in [1.165, 1.54) is 16.0 Å². The number of rotatable bonds is 4. The van der Waals surface area contributed by atoms with Gasteiger partial charge in [-0.15, -0.1) is 5.10 Å². The third-order valence-corrected chi connectivity index (χ3v) is 6.44. The second-order valence-electron chi connectivity index (χ2n) is 9.17. The summed E-state index contributed by atoms with van der Waals surface area (Å²) in [5, 5.41) is 4.83. The van der Waals surface area contributed by atoms with E-state index in [9.17, 15) is 9.59 Å². The number of carbonyl (C=O) groups excluding carboxylic acids is 1. The lowest BCUT2D eigenvalue weighted by Crippen LogP contribution is -2.20. The first-order chi connectivity index (χ1) is 17.9. The topological polar surface area (TPSA) is 82.2 Å². The van der Waals surface area contributed by atoms with Gasteiger partial charge in [-0.1, -0.05) is 77.9 Å². The van der Waals surface area contributed by atoms with E-state index in [1.54, 1.807) is 0 Å². The number of ketones is 1. The number of benzene rings is 3. The predicted octanol–water partition coefficient (Wildman–Crippen LogP) is 5.58. The smallest absolute Gasteiger partial charge is 0.271 e. The van der Waals surface area contributed by atoms with Crippen LogP contribution in [0.4, 0.5) is 0 Å². The molecule has 3 aromatic carbocycles. The van der Waals surface area contributed by atoms with Gasteiger partial charge in [0.2, 0.25) is 11.6 Å². The molecule has 0 aliphatic carbocycles. The van der Waals surface area contributed by atoms with Crippen molar-refractivity contribution in [1.82, 2.24) is 24.1 Å². The zero-order valence-corrected chi connectivity index (χ0v) is 20.6. The molecule has 180 valence electrons. The molecule has 0 aliphatic rings. The van der Waals surface area contributed by atoms with Crippen molar-refractivity contribution in [2.75, 3.05) is 0 Å². The van der Waals surface area contributed by atoms with Crippen LogP contribution in [0.5, 0.6) is 0 Å². The summed E-state index contributed by atoms with van der Waals surface area (Å²) in [6.07, 6.45) is 0. The Bertz CT molecular complexity index is 1870. The van der Waals surface area contributed by atoms with Crippen molar-refractivity contribution in [3.05, 3.63) is 112 Å². The van der Waals surface area contributed by atoms with Crippen molar-refractivity contribution in [2.24, 2.45) is 0 Å². The highest BCUT2D eigenvalue weighted by Crippen LogP contribution is 2.31. The highest BCUT2D eigenvalue weighted by molar-refractivity contribution is 5.96. The van der Waals surface area contributed by atoms with Crippen LogP contribution in [-0.4, -0.2) is 29.9 Å². The van der Waals surface area contributed by atoms with Gasteiger partial charge in [0, 0.05) is 18.1 Å². The molecule has 0 N–H and O–H groups in total. The summed E-state index contributed by atoms with van der Waals surface area (Å²) < 4.78 is 2.81. The van der Waals surface area contributed by atoms with E-state index in [0.29, 0.717) is 28.0 Å². The monoisotopic (exact) mass is 485 g/mol. The average molecular weight is 486 g/mol. The number of aromatic nitrogens is 5. The summed E-state index contributed by atoms with van der Waals surface area (Å²) in [4.78, 5) is 36.3. The Labute approximate surface area is 212 Å². The Morgan fingerprint density at radius 2 is 1.41 bits per heavy atom. The number of nitrogens with zero attached hydrogens (tertiary/aromatic N) is 5. The van der Waals surface area contributed by atoms with Gasteiger partial charge in [0.25, 0.3) is 5.56 Å². The first-order valence-electron chi connectivity index (χ1n) is 12.0. The van der Waals surface area contributed by atoms with Gasteiger partial charge in [-0.3, -0.25) is 9.59 Å². The van der Waals surface area contributed by atoms with E-state index in [4.69, 9.17) is 9.97 Å². The number of para-hydroxylation sites is 1. The van der Waals surface area contributed by atoms with Crippen LogP contribution >= 0.6 is 0 Å². The van der Waals surface area contributed by atoms with Crippen LogP contribution in [-0.2, 0) is 0 Å². The van der Waals surface area contributed by atoms with E-state index in [0.717, 1.165) is 22.3 Å². The SMILES string of the molecule is CC(=O)c1nn(-c2ccccc2)c2nc3nc(-c4ccc(C)cc4)cc(-c4ccc(C)cc4)c3c(=O)n12. The van der Waals surface area contributed by atoms with Crippen molar-refractivity contribution in [3.8, 4) is 28.1 Å². The highest BCUT2D eigenvalue weighted by Gasteiger charge is 2.23. The fourth-order valence-electron chi connectivity index (χ4n) is 4.49. The Morgan fingerprint density at radius 3 is 2.03 bits per heavy atom. The minimum atomic E-state index is -0.383. The lowest BCUT2D eigenvalue weighted by Gasteiger charge is -2.11. The number of aryl methyl sites for hydroxylation is 2. The van der Waals surface area contributed by atoms with Gasteiger partial charge >= 0.3 is 0 Å². The fourth-order valence-corrected chi connectivity index (χ4v) is 4.49. The summed E-state index contributed by atoms with van der Waals surface area (Å²) in [7, 11) is 0. The van der Waals surface area contributed by atoms with Gasteiger partial charge in [0.1, 0.15) is 0 Å². The molecule has 3 aromatic heterocycles. The molecular weight excluding hydrogens is 462 g/mol. The summed E-state index contributed by atoms with van der Waals surface area (Å²) in [5.41, 5.74) is 6.05. The van der Waals surface area contributed by atoms with Crippen LogP contribution < -0.4 is 5.56 Å². The van der Waals surface area contributed by atoms with Crippen LogP contribution in [0.15, 0.2) is 89.7 Å². The number of Topliss-reactive ketones (excluding diaryl/α,β-unsaturated/α-hetero) is 1. The second-order valence-corrected chi connectivity index (χ2v) is 9.17. The first-order valence-corrected chi connectivity index (χ1v) is 12.0. The molecule has 0 saturated heterocycles. The van der Waals surface area contributed by atoms with Gasteiger partial charge in [0.15, 0.2) is 11.4 Å². The molecule has 0 saturated carbocycles. The normalized spacial score (nSPS) is 11.3. The number of pyridine rings is 1. The Hall–Kier alpha value is -4.91. The summed E-state index contributed by atoms with van der Waals surface area (Å²) in [6, 6.07) is 27.3. The van der Waals surface area contributed by atoms with Gasteiger partial charge in [-0.2, -0.15) is 9.67 Å². The van der Waals surface area contributed by atoms with Gasteiger partial charge in [0.05, 0.1) is 16.8 Å².